The molecule has 2 aromatic rings. The van der Waals surface area contributed by atoms with Crippen molar-refractivity contribution in [1.29, 1.82) is 0 Å². The molecule has 0 saturated heterocycles. The van der Waals surface area contributed by atoms with Crippen molar-refractivity contribution in [1.82, 2.24) is 5.32 Å². The van der Waals surface area contributed by atoms with Gasteiger partial charge in [-0.2, -0.15) is 0 Å². The maximum absolute atomic E-state index is 12.4. The van der Waals surface area contributed by atoms with Gasteiger partial charge in [0.1, 0.15) is 4.88 Å². The molecule has 1 aromatic heterocycles. The summed E-state index contributed by atoms with van der Waals surface area (Å²) < 4.78 is 0.881. The number of halogens is 1. The van der Waals surface area contributed by atoms with Crippen molar-refractivity contribution in [2.24, 2.45) is 0 Å². The Labute approximate surface area is 144 Å². The van der Waals surface area contributed by atoms with Crippen molar-refractivity contribution < 1.29 is 4.79 Å². The lowest BCUT2D eigenvalue weighted by Gasteiger charge is -2.30. The van der Waals surface area contributed by atoms with Crippen LogP contribution in [-0.4, -0.2) is 12.5 Å². The molecule has 4 heteroatoms. The van der Waals surface area contributed by atoms with E-state index in [9.17, 15) is 4.79 Å². The van der Waals surface area contributed by atoms with Gasteiger partial charge in [0.2, 0.25) is 0 Å². The van der Waals surface area contributed by atoms with Crippen LogP contribution in [0.1, 0.15) is 46.5 Å². The first-order chi connectivity index (χ1) is 10.6. The van der Waals surface area contributed by atoms with E-state index in [4.69, 9.17) is 0 Å². The number of rotatable bonds is 4. The molecule has 2 nitrogen and oxygen atoms in total. The number of nitrogens with one attached hydrogen (secondary N) is 1. The second kappa shape index (κ2) is 6.55. The van der Waals surface area contributed by atoms with Crippen LogP contribution >= 0.6 is 27.3 Å². The van der Waals surface area contributed by atoms with Crippen molar-refractivity contribution in [3.05, 3.63) is 56.2 Å². The molecular weight excluding hydrogens is 358 g/mol. The summed E-state index contributed by atoms with van der Waals surface area (Å²) in [4.78, 5) is 13.2. The van der Waals surface area contributed by atoms with E-state index in [1.165, 1.54) is 35.3 Å². The third kappa shape index (κ3) is 3.13. The molecule has 0 atom stereocenters. The van der Waals surface area contributed by atoms with E-state index in [0.29, 0.717) is 0 Å². The highest BCUT2D eigenvalue weighted by Crippen LogP contribution is 2.41. The molecule has 1 aliphatic carbocycles. The highest BCUT2D eigenvalue weighted by atomic mass is 79.9. The van der Waals surface area contributed by atoms with Crippen molar-refractivity contribution >= 4 is 33.2 Å². The lowest BCUT2D eigenvalue weighted by Crippen LogP contribution is -2.38. The minimum absolute atomic E-state index is 0.0285. The highest BCUT2D eigenvalue weighted by Gasteiger charge is 2.36. The minimum Gasteiger partial charge on any atom is -0.350 e. The van der Waals surface area contributed by atoms with Gasteiger partial charge in [-0.05, 0) is 52.7 Å². The summed E-state index contributed by atoms with van der Waals surface area (Å²) in [5, 5.41) is 5.10. The average molecular weight is 378 g/mol. The first-order valence-corrected chi connectivity index (χ1v) is 9.36. The molecule has 1 heterocycles. The van der Waals surface area contributed by atoms with Crippen LogP contribution in [0.2, 0.25) is 0 Å². The molecule has 0 radical (unpaired) electrons. The Morgan fingerprint density at radius 2 is 2.09 bits per heavy atom. The number of hydrogen-bond acceptors (Lipinski definition) is 2. The van der Waals surface area contributed by atoms with Crippen LogP contribution in [0.15, 0.2) is 40.2 Å². The number of benzene rings is 1. The van der Waals surface area contributed by atoms with Gasteiger partial charge in [0, 0.05) is 16.4 Å². The quantitative estimate of drug-likeness (QED) is 0.792. The van der Waals surface area contributed by atoms with Crippen LogP contribution in [0.25, 0.3) is 0 Å². The predicted octanol–water partition coefficient (Wildman–Crippen LogP) is 5.06. The van der Waals surface area contributed by atoms with Crippen molar-refractivity contribution in [2.45, 2.75) is 38.0 Å². The lowest BCUT2D eigenvalue weighted by molar-refractivity contribution is 0.0946. The van der Waals surface area contributed by atoms with Gasteiger partial charge in [-0.25, -0.2) is 0 Å². The summed E-state index contributed by atoms with van der Waals surface area (Å²) in [6.07, 6.45) is 4.80. The highest BCUT2D eigenvalue weighted by molar-refractivity contribution is 9.10. The van der Waals surface area contributed by atoms with Gasteiger partial charge in [0.05, 0.1) is 0 Å². The Kier molecular flexibility index (Phi) is 4.69. The molecule has 1 aromatic carbocycles. The molecule has 116 valence electrons. The second-order valence-corrected chi connectivity index (χ2v) is 7.91. The molecule has 0 unspecified atom stereocenters. The molecule has 0 aliphatic heterocycles. The Bertz CT molecular complexity index is 673. The Morgan fingerprint density at radius 3 is 2.73 bits per heavy atom. The maximum atomic E-state index is 12.4. The number of thiophene rings is 1. The second-order valence-electron chi connectivity index (χ2n) is 6.14. The fourth-order valence-electron chi connectivity index (χ4n) is 3.38. The fourth-order valence-corrected chi connectivity index (χ4v) is 4.85. The van der Waals surface area contributed by atoms with Crippen LogP contribution in [0.3, 0.4) is 0 Å². The molecule has 1 fully saturated rings. The van der Waals surface area contributed by atoms with Gasteiger partial charge >= 0.3 is 0 Å². The van der Waals surface area contributed by atoms with Gasteiger partial charge < -0.3 is 5.32 Å². The molecule has 22 heavy (non-hydrogen) atoms. The standard InChI is InChI=1S/C18H20BrNOS/c1-13-5-4-6-14(11-13)18(8-2-3-9-18)12-20-17(21)16-15(19)7-10-22-16/h4-7,10-11H,2-3,8-9,12H2,1H3,(H,20,21). The Balaban J connectivity index is 1.78. The van der Waals surface area contributed by atoms with Crippen LogP contribution in [0, 0.1) is 6.92 Å². The van der Waals surface area contributed by atoms with Crippen LogP contribution in [0.5, 0.6) is 0 Å². The molecule has 0 spiro atoms. The first-order valence-electron chi connectivity index (χ1n) is 7.69. The smallest absolute Gasteiger partial charge is 0.262 e. The zero-order chi connectivity index (χ0) is 15.6. The van der Waals surface area contributed by atoms with Gasteiger partial charge in [-0.15, -0.1) is 11.3 Å². The Hall–Kier alpha value is -1.13. The van der Waals surface area contributed by atoms with Gasteiger partial charge in [-0.1, -0.05) is 42.7 Å². The summed E-state index contributed by atoms with van der Waals surface area (Å²) >= 11 is 4.92. The SMILES string of the molecule is Cc1cccc(C2(CNC(=O)c3sccc3Br)CCCC2)c1. The lowest BCUT2D eigenvalue weighted by atomic mass is 9.78. The molecule has 1 amide bonds. The van der Waals surface area contributed by atoms with E-state index >= 15 is 0 Å². The summed E-state index contributed by atoms with van der Waals surface area (Å²) in [5.74, 6) is 0.0285. The molecule has 1 N–H and O–H groups in total. The number of amides is 1. The molecule has 0 bridgehead atoms. The van der Waals surface area contributed by atoms with Gasteiger partial charge in [0.15, 0.2) is 0 Å². The fraction of sp³-hybridized carbons (Fsp3) is 0.389. The van der Waals surface area contributed by atoms with Crippen LogP contribution in [-0.2, 0) is 5.41 Å². The predicted molar refractivity (Wildman–Crippen MR) is 95.7 cm³/mol. The third-order valence-electron chi connectivity index (χ3n) is 4.60. The molecule has 1 aliphatic rings. The first kappa shape index (κ1) is 15.8. The van der Waals surface area contributed by atoms with Crippen molar-refractivity contribution in [3.8, 4) is 0 Å². The zero-order valence-corrected chi connectivity index (χ0v) is 15.1. The summed E-state index contributed by atoms with van der Waals surface area (Å²) in [6, 6.07) is 10.7. The number of carbonyl (C=O) groups is 1. The van der Waals surface area contributed by atoms with E-state index in [2.05, 4.69) is 52.4 Å². The average Bonchev–Trinajstić information content (AvgIpc) is 3.14. The summed E-state index contributed by atoms with van der Waals surface area (Å²) in [5.41, 5.74) is 2.76. The Morgan fingerprint density at radius 1 is 1.32 bits per heavy atom. The zero-order valence-electron chi connectivity index (χ0n) is 12.7. The summed E-state index contributed by atoms with van der Waals surface area (Å²) in [6.45, 7) is 2.85. The number of aryl methyl sites for hydroxylation is 1. The van der Waals surface area contributed by atoms with Crippen molar-refractivity contribution in [2.75, 3.05) is 6.54 Å². The monoisotopic (exact) mass is 377 g/mol. The van der Waals surface area contributed by atoms with E-state index in [1.807, 2.05) is 11.4 Å². The normalized spacial score (nSPS) is 16.6. The number of carbonyl (C=O) groups excluding carboxylic acids is 1. The van der Waals surface area contributed by atoms with E-state index in [0.717, 1.165) is 28.7 Å². The van der Waals surface area contributed by atoms with Crippen molar-refractivity contribution in [3.63, 3.8) is 0 Å². The number of hydrogen-bond donors (Lipinski definition) is 1. The van der Waals surface area contributed by atoms with Crippen LogP contribution < -0.4 is 5.32 Å². The van der Waals surface area contributed by atoms with E-state index in [1.54, 1.807) is 0 Å². The molecule has 1 saturated carbocycles. The van der Waals surface area contributed by atoms with E-state index in [-0.39, 0.29) is 11.3 Å². The third-order valence-corrected chi connectivity index (χ3v) is 6.44. The largest absolute Gasteiger partial charge is 0.350 e. The van der Waals surface area contributed by atoms with Gasteiger partial charge in [0.25, 0.3) is 5.91 Å². The molecular formula is C18H20BrNOS. The minimum atomic E-state index is 0.0285. The topological polar surface area (TPSA) is 29.1 Å². The van der Waals surface area contributed by atoms with Gasteiger partial charge in [-0.3, -0.25) is 4.79 Å². The maximum Gasteiger partial charge on any atom is 0.262 e. The van der Waals surface area contributed by atoms with Crippen LogP contribution in [0.4, 0.5) is 0 Å². The molecule has 3 rings (SSSR count). The summed E-state index contributed by atoms with van der Waals surface area (Å²) in [7, 11) is 0. The van der Waals surface area contributed by atoms with E-state index < -0.39 is 0 Å².